The number of carbonyl (C=O) groups excluding carboxylic acids is 1. The summed E-state index contributed by atoms with van der Waals surface area (Å²) in [4.78, 5) is 16.8. The van der Waals surface area contributed by atoms with Gasteiger partial charge in [-0.25, -0.2) is 0 Å². The van der Waals surface area contributed by atoms with E-state index >= 15 is 0 Å². The highest BCUT2D eigenvalue weighted by Gasteiger charge is 2.21. The van der Waals surface area contributed by atoms with Gasteiger partial charge in [-0.15, -0.1) is 0 Å². The lowest BCUT2D eigenvalue weighted by atomic mass is 9.93. The van der Waals surface area contributed by atoms with Crippen LogP contribution in [0, 0.1) is 5.92 Å². The van der Waals surface area contributed by atoms with Gasteiger partial charge in [0, 0.05) is 32.2 Å². The number of hydrogen-bond acceptors (Lipinski definition) is 3. The molecule has 1 N–H and O–H groups in total. The van der Waals surface area contributed by atoms with E-state index in [9.17, 15) is 4.79 Å². The van der Waals surface area contributed by atoms with Crippen molar-refractivity contribution in [3.05, 3.63) is 29.8 Å². The van der Waals surface area contributed by atoms with Gasteiger partial charge in [0.15, 0.2) is 0 Å². The third-order valence-electron chi connectivity index (χ3n) is 5.03. The Morgan fingerprint density at radius 2 is 1.88 bits per heavy atom. The highest BCUT2D eigenvalue weighted by Crippen LogP contribution is 2.20. The molecule has 0 radical (unpaired) electrons. The van der Waals surface area contributed by atoms with Crippen molar-refractivity contribution in [1.29, 1.82) is 0 Å². The van der Waals surface area contributed by atoms with E-state index in [4.69, 9.17) is 0 Å². The summed E-state index contributed by atoms with van der Waals surface area (Å²) in [5.41, 5.74) is 2.47. The van der Waals surface area contributed by atoms with Gasteiger partial charge in [0.25, 0.3) is 0 Å². The van der Waals surface area contributed by atoms with Gasteiger partial charge in [0.1, 0.15) is 0 Å². The average molecular weight is 332 g/mol. The molecule has 1 heterocycles. The number of likely N-dealkylation sites (tertiary alicyclic amines) is 1. The lowest BCUT2D eigenvalue weighted by Gasteiger charge is -2.30. The minimum Gasteiger partial charge on any atom is -0.378 e. The van der Waals surface area contributed by atoms with Crippen molar-refractivity contribution in [2.45, 2.75) is 45.6 Å². The molecular weight excluding hydrogens is 298 g/mol. The van der Waals surface area contributed by atoms with Gasteiger partial charge in [-0.1, -0.05) is 19.1 Å². The number of amides is 1. The number of carbonyl (C=O) groups is 1. The molecule has 0 unspecified atom stereocenters. The molecule has 0 saturated carbocycles. The monoisotopic (exact) mass is 331 g/mol. The molecule has 4 heteroatoms. The molecule has 4 nitrogen and oxygen atoms in total. The van der Waals surface area contributed by atoms with Gasteiger partial charge < -0.3 is 15.1 Å². The number of rotatable bonds is 7. The molecule has 1 aromatic rings. The second-order valence-electron chi connectivity index (χ2n) is 7.32. The van der Waals surface area contributed by atoms with Crippen LogP contribution >= 0.6 is 0 Å². The highest BCUT2D eigenvalue weighted by molar-refractivity contribution is 5.76. The molecule has 2 rings (SSSR count). The molecule has 0 aliphatic carbocycles. The summed E-state index contributed by atoms with van der Waals surface area (Å²) in [6.07, 6.45) is 3.87. The Hall–Kier alpha value is -1.55. The topological polar surface area (TPSA) is 35.6 Å². The van der Waals surface area contributed by atoms with Crippen LogP contribution in [-0.2, 0) is 11.2 Å². The molecule has 0 aromatic heterocycles. The number of hydrogen-bond donors (Lipinski definition) is 1. The van der Waals surface area contributed by atoms with Crippen LogP contribution in [0.5, 0.6) is 0 Å². The van der Waals surface area contributed by atoms with Crippen LogP contribution in [0.4, 0.5) is 5.69 Å². The van der Waals surface area contributed by atoms with E-state index in [0.29, 0.717) is 12.3 Å². The SMILES string of the molecule is CCN1CCC(CC(=O)N[C@H](C)Cc2ccc(N(C)C)cc2)CC1. The maximum atomic E-state index is 12.3. The fourth-order valence-corrected chi connectivity index (χ4v) is 3.44. The van der Waals surface area contributed by atoms with Crippen molar-refractivity contribution >= 4 is 11.6 Å². The van der Waals surface area contributed by atoms with Crippen LogP contribution in [-0.4, -0.2) is 50.6 Å². The van der Waals surface area contributed by atoms with E-state index in [1.807, 2.05) is 14.1 Å². The second-order valence-corrected chi connectivity index (χ2v) is 7.32. The van der Waals surface area contributed by atoms with E-state index < -0.39 is 0 Å². The Labute approximate surface area is 147 Å². The third kappa shape index (κ3) is 5.82. The summed E-state index contributed by atoms with van der Waals surface area (Å²) < 4.78 is 0. The normalized spacial score (nSPS) is 17.5. The molecule has 1 aromatic carbocycles. The molecule has 1 aliphatic heterocycles. The first-order valence-corrected chi connectivity index (χ1v) is 9.26. The molecule has 0 spiro atoms. The minimum atomic E-state index is 0.179. The third-order valence-corrected chi connectivity index (χ3v) is 5.03. The molecular formula is C20H33N3O. The van der Waals surface area contributed by atoms with Gasteiger partial charge in [-0.05, 0) is 69.4 Å². The molecule has 24 heavy (non-hydrogen) atoms. The summed E-state index contributed by atoms with van der Waals surface area (Å²) in [5.74, 6) is 0.765. The maximum absolute atomic E-state index is 12.3. The van der Waals surface area contributed by atoms with E-state index in [2.05, 4.69) is 53.2 Å². The predicted octanol–water partition coefficient (Wildman–Crippen LogP) is 2.92. The maximum Gasteiger partial charge on any atom is 0.220 e. The van der Waals surface area contributed by atoms with Crippen LogP contribution in [0.1, 0.15) is 38.7 Å². The number of nitrogens with one attached hydrogen (secondary N) is 1. The van der Waals surface area contributed by atoms with Crippen molar-refractivity contribution < 1.29 is 4.79 Å². The van der Waals surface area contributed by atoms with Crippen molar-refractivity contribution in [2.75, 3.05) is 38.6 Å². The van der Waals surface area contributed by atoms with Gasteiger partial charge in [-0.2, -0.15) is 0 Å². The van der Waals surface area contributed by atoms with Crippen molar-refractivity contribution in [3.63, 3.8) is 0 Å². The van der Waals surface area contributed by atoms with Crippen LogP contribution < -0.4 is 10.2 Å². The fourth-order valence-electron chi connectivity index (χ4n) is 3.44. The lowest BCUT2D eigenvalue weighted by Crippen LogP contribution is -2.38. The largest absolute Gasteiger partial charge is 0.378 e. The Morgan fingerprint density at radius 3 is 2.42 bits per heavy atom. The summed E-state index contributed by atoms with van der Waals surface area (Å²) in [7, 11) is 4.09. The van der Waals surface area contributed by atoms with Crippen molar-refractivity contribution in [2.24, 2.45) is 5.92 Å². The predicted molar refractivity (Wildman–Crippen MR) is 102 cm³/mol. The Kier molecular flexibility index (Phi) is 7.10. The molecule has 1 aliphatic rings. The first-order valence-electron chi connectivity index (χ1n) is 9.26. The summed E-state index contributed by atoms with van der Waals surface area (Å²) in [5, 5.41) is 3.18. The van der Waals surface area contributed by atoms with Crippen LogP contribution in [0.3, 0.4) is 0 Å². The Morgan fingerprint density at radius 1 is 1.25 bits per heavy atom. The zero-order chi connectivity index (χ0) is 17.5. The first kappa shape index (κ1) is 18.8. The molecule has 134 valence electrons. The smallest absolute Gasteiger partial charge is 0.220 e. The molecule has 1 saturated heterocycles. The lowest BCUT2D eigenvalue weighted by molar-refractivity contribution is -0.122. The van der Waals surface area contributed by atoms with E-state index in [-0.39, 0.29) is 11.9 Å². The number of nitrogens with zero attached hydrogens (tertiary/aromatic N) is 2. The van der Waals surface area contributed by atoms with E-state index in [1.54, 1.807) is 0 Å². The molecule has 1 fully saturated rings. The average Bonchev–Trinajstić information content (AvgIpc) is 2.55. The zero-order valence-corrected chi connectivity index (χ0v) is 15.7. The van der Waals surface area contributed by atoms with Gasteiger partial charge in [0.2, 0.25) is 5.91 Å². The summed E-state index contributed by atoms with van der Waals surface area (Å²) >= 11 is 0. The molecule has 1 amide bonds. The van der Waals surface area contributed by atoms with Crippen LogP contribution in [0.25, 0.3) is 0 Å². The number of benzene rings is 1. The second kappa shape index (κ2) is 9.07. The standard InChI is InChI=1S/C20H33N3O/c1-5-23-12-10-18(11-13-23)15-20(24)21-16(2)14-17-6-8-19(9-7-17)22(3)4/h6-9,16,18H,5,10-15H2,1-4H3,(H,21,24)/t16-/m1/s1. The van der Waals surface area contributed by atoms with Gasteiger partial charge >= 0.3 is 0 Å². The first-order chi connectivity index (χ1) is 11.5. The molecule has 1 atom stereocenters. The quantitative estimate of drug-likeness (QED) is 0.834. The van der Waals surface area contributed by atoms with Crippen molar-refractivity contribution in [3.8, 4) is 0 Å². The summed E-state index contributed by atoms with van der Waals surface area (Å²) in [6.45, 7) is 7.71. The van der Waals surface area contributed by atoms with Gasteiger partial charge in [-0.3, -0.25) is 4.79 Å². The fraction of sp³-hybridized carbons (Fsp3) is 0.650. The highest BCUT2D eigenvalue weighted by atomic mass is 16.1. The number of anilines is 1. The minimum absolute atomic E-state index is 0.179. The van der Waals surface area contributed by atoms with Gasteiger partial charge in [0.05, 0.1) is 0 Å². The van der Waals surface area contributed by atoms with Crippen LogP contribution in [0.2, 0.25) is 0 Å². The molecule has 0 bridgehead atoms. The Balaban J connectivity index is 1.73. The van der Waals surface area contributed by atoms with Crippen molar-refractivity contribution in [1.82, 2.24) is 10.2 Å². The van der Waals surface area contributed by atoms with Crippen LogP contribution in [0.15, 0.2) is 24.3 Å². The van der Waals surface area contributed by atoms with E-state index in [0.717, 1.165) is 38.9 Å². The number of piperidine rings is 1. The zero-order valence-electron chi connectivity index (χ0n) is 15.7. The van der Waals surface area contributed by atoms with E-state index in [1.165, 1.54) is 11.3 Å². The summed E-state index contributed by atoms with van der Waals surface area (Å²) in [6, 6.07) is 8.74. The Bertz CT molecular complexity index is 504.